The van der Waals surface area contributed by atoms with Crippen molar-refractivity contribution in [1.29, 1.82) is 0 Å². The van der Waals surface area contributed by atoms with Crippen LogP contribution in [0.15, 0.2) is 0 Å². The van der Waals surface area contributed by atoms with Gasteiger partial charge in [-0.25, -0.2) is 0 Å². The molecule has 4 aliphatic rings. The first-order valence-electron chi connectivity index (χ1n) is 12.1. The maximum absolute atomic E-state index is 13.2. The van der Waals surface area contributed by atoms with E-state index in [2.05, 4.69) is 9.80 Å². The van der Waals surface area contributed by atoms with E-state index in [0.29, 0.717) is 30.7 Å². The summed E-state index contributed by atoms with van der Waals surface area (Å²) in [5.74, 6) is 1.94. The lowest BCUT2D eigenvalue weighted by Gasteiger charge is -2.40. The van der Waals surface area contributed by atoms with Gasteiger partial charge in [-0.2, -0.15) is 0 Å². The molecule has 4 rings (SSSR count). The van der Waals surface area contributed by atoms with E-state index in [9.17, 15) is 9.59 Å². The highest BCUT2D eigenvalue weighted by molar-refractivity contribution is 5.84. The van der Waals surface area contributed by atoms with Gasteiger partial charge in [-0.05, 0) is 43.9 Å². The third kappa shape index (κ3) is 5.72. The highest BCUT2D eigenvalue weighted by Crippen LogP contribution is 2.28. The van der Waals surface area contributed by atoms with Gasteiger partial charge in [0.05, 0.1) is 19.1 Å². The lowest BCUT2D eigenvalue weighted by molar-refractivity contribution is -0.144. The Hall–Kier alpha value is -1.14. The van der Waals surface area contributed by atoms with Crippen LogP contribution in [0.3, 0.4) is 0 Å². The van der Waals surface area contributed by atoms with Crippen molar-refractivity contribution in [3.8, 4) is 0 Å². The van der Waals surface area contributed by atoms with Crippen LogP contribution in [0.2, 0.25) is 0 Å². The molecule has 1 saturated carbocycles. The van der Waals surface area contributed by atoms with Gasteiger partial charge in [-0.1, -0.05) is 19.3 Å². The summed E-state index contributed by atoms with van der Waals surface area (Å²) in [5, 5.41) is 0. The highest BCUT2D eigenvalue weighted by Gasteiger charge is 2.35. The number of ether oxygens (including phenoxy) is 1. The van der Waals surface area contributed by atoms with Gasteiger partial charge in [0.15, 0.2) is 0 Å². The molecule has 0 aromatic carbocycles. The number of hydrogen-bond acceptors (Lipinski definition) is 4. The van der Waals surface area contributed by atoms with Crippen LogP contribution in [-0.4, -0.2) is 85.5 Å². The molecule has 29 heavy (non-hydrogen) atoms. The molecular weight excluding hydrogens is 366 g/mol. The van der Waals surface area contributed by atoms with Crippen molar-refractivity contribution in [3.05, 3.63) is 0 Å². The van der Waals surface area contributed by atoms with E-state index < -0.39 is 0 Å². The van der Waals surface area contributed by atoms with Crippen molar-refractivity contribution >= 4 is 11.8 Å². The number of morpholine rings is 1. The molecule has 2 amide bonds. The molecule has 0 spiro atoms. The number of amides is 2. The maximum atomic E-state index is 13.2. The molecule has 0 unspecified atom stereocenters. The zero-order chi connectivity index (χ0) is 20.1. The number of carbonyl (C=O) groups is 2. The summed E-state index contributed by atoms with van der Waals surface area (Å²) >= 11 is 0. The molecule has 6 heteroatoms. The third-order valence-corrected chi connectivity index (χ3v) is 7.60. The van der Waals surface area contributed by atoms with E-state index in [4.69, 9.17) is 4.74 Å². The molecule has 164 valence electrons. The normalized spacial score (nSPS) is 28.7. The van der Waals surface area contributed by atoms with Crippen molar-refractivity contribution in [1.82, 2.24) is 14.7 Å². The van der Waals surface area contributed by atoms with Crippen LogP contribution in [0.5, 0.6) is 0 Å². The Morgan fingerprint density at radius 3 is 2.28 bits per heavy atom. The Morgan fingerprint density at radius 2 is 1.55 bits per heavy atom. The number of carbonyl (C=O) groups excluding carboxylic acids is 2. The molecule has 0 aromatic heterocycles. The quantitative estimate of drug-likeness (QED) is 0.705. The highest BCUT2D eigenvalue weighted by atomic mass is 16.5. The minimum absolute atomic E-state index is 0.0204. The second-order valence-corrected chi connectivity index (χ2v) is 9.72. The monoisotopic (exact) mass is 405 g/mol. The summed E-state index contributed by atoms with van der Waals surface area (Å²) in [6.45, 7) is 8.27. The van der Waals surface area contributed by atoms with Crippen molar-refractivity contribution in [2.24, 2.45) is 17.8 Å². The van der Waals surface area contributed by atoms with Crippen molar-refractivity contribution < 1.29 is 14.3 Å². The van der Waals surface area contributed by atoms with Gasteiger partial charge in [0.2, 0.25) is 11.8 Å². The number of nitrogens with zero attached hydrogens (tertiary/aromatic N) is 3. The van der Waals surface area contributed by atoms with Crippen LogP contribution in [0, 0.1) is 17.8 Å². The van der Waals surface area contributed by atoms with E-state index in [1.807, 2.05) is 4.90 Å². The average molecular weight is 406 g/mol. The van der Waals surface area contributed by atoms with Gasteiger partial charge < -0.3 is 14.5 Å². The van der Waals surface area contributed by atoms with E-state index in [1.54, 1.807) is 0 Å². The van der Waals surface area contributed by atoms with E-state index in [0.717, 1.165) is 71.7 Å². The van der Waals surface area contributed by atoms with Crippen LogP contribution in [0.4, 0.5) is 0 Å². The van der Waals surface area contributed by atoms with E-state index in [1.165, 1.54) is 32.1 Å². The minimum Gasteiger partial charge on any atom is -0.379 e. The SMILES string of the molecule is O=C1CC[C@@H](C(=O)N2CCC(CN3CCOCC3)CC2)CN1CC1CCCCC1. The zero-order valence-corrected chi connectivity index (χ0v) is 18.0. The average Bonchev–Trinajstić information content (AvgIpc) is 2.77. The summed E-state index contributed by atoms with van der Waals surface area (Å²) in [6.07, 6.45) is 9.96. The molecule has 3 saturated heterocycles. The van der Waals surface area contributed by atoms with Gasteiger partial charge in [-0.3, -0.25) is 14.5 Å². The van der Waals surface area contributed by atoms with Crippen LogP contribution in [-0.2, 0) is 14.3 Å². The molecule has 0 bridgehead atoms. The Labute approximate surface area is 175 Å². The molecule has 4 fully saturated rings. The topological polar surface area (TPSA) is 53.1 Å². The summed E-state index contributed by atoms with van der Waals surface area (Å²) in [6, 6.07) is 0. The van der Waals surface area contributed by atoms with Gasteiger partial charge >= 0.3 is 0 Å². The summed E-state index contributed by atoms with van der Waals surface area (Å²) in [5.41, 5.74) is 0. The Bertz CT molecular complexity index is 550. The first-order chi connectivity index (χ1) is 14.2. The molecule has 3 heterocycles. The third-order valence-electron chi connectivity index (χ3n) is 7.60. The number of hydrogen-bond donors (Lipinski definition) is 0. The lowest BCUT2D eigenvalue weighted by Crippen LogP contribution is -2.50. The number of rotatable bonds is 5. The van der Waals surface area contributed by atoms with Gasteiger partial charge in [-0.15, -0.1) is 0 Å². The first-order valence-corrected chi connectivity index (χ1v) is 12.1. The lowest BCUT2D eigenvalue weighted by atomic mass is 9.87. The Kier molecular flexibility index (Phi) is 7.46. The molecule has 6 nitrogen and oxygen atoms in total. The predicted octanol–water partition coefficient (Wildman–Crippen LogP) is 2.38. The smallest absolute Gasteiger partial charge is 0.227 e. The Balaban J connectivity index is 1.23. The van der Waals surface area contributed by atoms with Gasteiger partial charge in [0.25, 0.3) is 0 Å². The molecule has 1 atom stereocenters. The van der Waals surface area contributed by atoms with Crippen LogP contribution in [0.1, 0.15) is 57.8 Å². The maximum Gasteiger partial charge on any atom is 0.227 e. The van der Waals surface area contributed by atoms with E-state index >= 15 is 0 Å². The largest absolute Gasteiger partial charge is 0.379 e. The van der Waals surface area contributed by atoms with Gasteiger partial charge in [0.1, 0.15) is 0 Å². The molecule has 3 aliphatic heterocycles. The second-order valence-electron chi connectivity index (χ2n) is 9.72. The minimum atomic E-state index is 0.0204. The predicted molar refractivity (Wildman–Crippen MR) is 112 cm³/mol. The fourth-order valence-electron chi connectivity index (χ4n) is 5.72. The molecule has 0 aromatic rings. The standard InChI is InChI=1S/C23H39N3O3/c27-22-7-6-21(18-26(22)17-19-4-2-1-3-5-19)23(28)25-10-8-20(9-11-25)16-24-12-14-29-15-13-24/h19-21H,1-18H2/t21-/m1/s1. The number of likely N-dealkylation sites (tertiary alicyclic amines) is 2. The van der Waals surface area contributed by atoms with Crippen LogP contribution in [0.25, 0.3) is 0 Å². The fourth-order valence-corrected chi connectivity index (χ4v) is 5.72. The van der Waals surface area contributed by atoms with Crippen molar-refractivity contribution in [2.75, 3.05) is 59.0 Å². The Morgan fingerprint density at radius 1 is 0.862 bits per heavy atom. The first kappa shape index (κ1) is 21.1. The summed E-state index contributed by atoms with van der Waals surface area (Å²) < 4.78 is 5.45. The van der Waals surface area contributed by atoms with Crippen LogP contribution >= 0.6 is 0 Å². The van der Waals surface area contributed by atoms with Crippen molar-refractivity contribution in [3.63, 3.8) is 0 Å². The van der Waals surface area contributed by atoms with Crippen LogP contribution < -0.4 is 0 Å². The summed E-state index contributed by atoms with van der Waals surface area (Å²) in [4.78, 5) is 32.2. The van der Waals surface area contributed by atoms with E-state index in [-0.39, 0.29) is 11.8 Å². The molecular formula is C23H39N3O3. The molecule has 1 aliphatic carbocycles. The molecule has 0 N–H and O–H groups in total. The summed E-state index contributed by atoms with van der Waals surface area (Å²) in [7, 11) is 0. The molecule has 0 radical (unpaired) electrons. The fraction of sp³-hybridized carbons (Fsp3) is 0.913. The van der Waals surface area contributed by atoms with Gasteiger partial charge in [0, 0.05) is 52.2 Å². The van der Waals surface area contributed by atoms with Crippen molar-refractivity contribution in [2.45, 2.75) is 57.8 Å². The zero-order valence-electron chi connectivity index (χ0n) is 18.0. The number of piperidine rings is 2. The second kappa shape index (κ2) is 10.3.